The zero-order valence-electron chi connectivity index (χ0n) is 11.8. The Balaban J connectivity index is 1.95. The highest BCUT2D eigenvalue weighted by Gasteiger charge is 1.98. The molecule has 5 nitrogen and oxygen atoms in total. The van der Waals surface area contributed by atoms with E-state index in [9.17, 15) is 0 Å². The van der Waals surface area contributed by atoms with Crippen molar-refractivity contribution in [2.75, 3.05) is 52.5 Å². The van der Waals surface area contributed by atoms with Gasteiger partial charge < -0.3 is 24.7 Å². The Kier molecular flexibility index (Phi) is 9.61. The average molecular weight is 348 g/mol. The van der Waals surface area contributed by atoms with E-state index in [-0.39, 0.29) is 0 Å². The monoisotopic (exact) mass is 347 g/mol. The van der Waals surface area contributed by atoms with Crippen LogP contribution in [0.2, 0.25) is 0 Å². The number of nitrogen functional groups attached to an aromatic ring is 1. The van der Waals surface area contributed by atoms with E-state index in [0.717, 1.165) is 15.7 Å². The molecule has 0 saturated carbocycles. The molecule has 0 saturated heterocycles. The van der Waals surface area contributed by atoms with E-state index in [4.69, 9.17) is 24.7 Å². The lowest BCUT2D eigenvalue weighted by molar-refractivity contribution is 0.000873. The molecule has 0 aliphatic carbocycles. The molecule has 0 heterocycles. The number of benzene rings is 1. The zero-order chi connectivity index (χ0) is 14.6. The molecule has 0 bridgehead atoms. The van der Waals surface area contributed by atoms with Crippen LogP contribution in [0.25, 0.3) is 0 Å². The third-order valence-corrected chi connectivity index (χ3v) is 3.23. The predicted molar refractivity (Wildman–Crippen MR) is 81.7 cm³/mol. The lowest BCUT2D eigenvalue weighted by Gasteiger charge is -2.07. The molecule has 6 heteroatoms. The molecule has 114 valence electrons. The Labute approximate surface area is 128 Å². The van der Waals surface area contributed by atoms with E-state index in [1.807, 2.05) is 18.2 Å². The molecule has 0 aliphatic heterocycles. The first-order valence-electron chi connectivity index (χ1n) is 6.50. The highest BCUT2D eigenvalue weighted by molar-refractivity contribution is 9.10. The van der Waals surface area contributed by atoms with Crippen molar-refractivity contribution in [3.8, 4) is 0 Å². The van der Waals surface area contributed by atoms with Gasteiger partial charge in [-0.3, -0.25) is 0 Å². The van der Waals surface area contributed by atoms with Gasteiger partial charge in [-0.25, -0.2) is 0 Å². The van der Waals surface area contributed by atoms with Crippen LogP contribution in [0.5, 0.6) is 0 Å². The fourth-order valence-electron chi connectivity index (χ4n) is 1.46. The van der Waals surface area contributed by atoms with Crippen molar-refractivity contribution in [3.63, 3.8) is 0 Å². The van der Waals surface area contributed by atoms with Crippen molar-refractivity contribution in [1.29, 1.82) is 0 Å². The maximum atomic E-state index is 5.79. The van der Waals surface area contributed by atoms with Crippen LogP contribution in [-0.4, -0.2) is 46.8 Å². The molecular weight excluding hydrogens is 326 g/mol. The van der Waals surface area contributed by atoms with Gasteiger partial charge in [0.15, 0.2) is 0 Å². The molecule has 0 aliphatic rings. The van der Waals surface area contributed by atoms with Crippen LogP contribution in [0.3, 0.4) is 0 Å². The molecule has 0 amide bonds. The van der Waals surface area contributed by atoms with Crippen LogP contribution in [0.1, 0.15) is 5.56 Å². The normalized spacial score (nSPS) is 10.9. The smallest absolute Gasteiger partial charge is 0.0718 e. The summed E-state index contributed by atoms with van der Waals surface area (Å²) in [6, 6.07) is 5.79. The molecule has 0 aromatic heterocycles. The second kappa shape index (κ2) is 11.0. The van der Waals surface area contributed by atoms with Gasteiger partial charge in [0.2, 0.25) is 0 Å². The van der Waals surface area contributed by atoms with Crippen molar-refractivity contribution in [2.45, 2.75) is 6.61 Å². The number of nitrogens with two attached hydrogens (primary N) is 1. The summed E-state index contributed by atoms with van der Waals surface area (Å²) in [6.45, 7) is 3.99. The average Bonchev–Trinajstić information content (AvgIpc) is 2.45. The summed E-state index contributed by atoms with van der Waals surface area (Å²) in [5.41, 5.74) is 7.56. The van der Waals surface area contributed by atoms with Gasteiger partial charge in [-0.1, -0.05) is 6.07 Å². The van der Waals surface area contributed by atoms with Crippen LogP contribution >= 0.6 is 15.9 Å². The Morgan fingerprint density at radius 2 is 1.55 bits per heavy atom. The Morgan fingerprint density at radius 3 is 2.15 bits per heavy atom. The summed E-state index contributed by atoms with van der Waals surface area (Å²) >= 11 is 3.36. The van der Waals surface area contributed by atoms with Gasteiger partial charge in [-0.2, -0.15) is 0 Å². The van der Waals surface area contributed by atoms with E-state index < -0.39 is 0 Å². The van der Waals surface area contributed by atoms with Gasteiger partial charge in [0.05, 0.1) is 46.2 Å². The van der Waals surface area contributed by atoms with E-state index >= 15 is 0 Å². The van der Waals surface area contributed by atoms with E-state index in [1.54, 1.807) is 7.11 Å². The molecule has 20 heavy (non-hydrogen) atoms. The topological polar surface area (TPSA) is 62.9 Å². The Bertz CT molecular complexity index is 376. The molecule has 1 aromatic carbocycles. The third kappa shape index (κ3) is 7.81. The van der Waals surface area contributed by atoms with E-state index in [2.05, 4.69) is 15.9 Å². The first-order valence-corrected chi connectivity index (χ1v) is 7.29. The minimum Gasteiger partial charge on any atom is -0.398 e. The molecular formula is C14H22BrNO4. The fraction of sp³-hybridized carbons (Fsp3) is 0.571. The van der Waals surface area contributed by atoms with E-state index in [0.29, 0.717) is 46.2 Å². The van der Waals surface area contributed by atoms with Crippen molar-refractivity contribution < 1.29 is 18.9 Å². The van der Waals surface area contributed by atoms with Gasteiger partial charge in [0.1, 0.15) is 0 Å². The summed E-state index contributed by atoms with van der Waals surface area (Å²) in [7, 11) is 1.65. The summed E-state index contributed by atoms with van der Waals surface area (Å²) < 4.78 is 21.9. The number of hydrogen-bond donors (Lipinski definition) is 1. The van der Waals surface area contributed by atoms with Crippen molar-refractivity contribution in [3.05, 3.63) is 28.2 Å². The van der Waals surface area contributed by atoms with Gasteiger partial charge in [-0.05, 0) is 33.6 Å². The fourth-order valence-corrected chi connectivity index (χ4v) is 1.70. The van der Waals surface area contributed by atoms with Crippen LogP contribution in [0, 0.1) is 0 Å². The number of halogens is 1. The largest absolute Gasteiger partial charge is 0.398 e. The van der Waals surface area contributed by atoms with Gasteiger partial charge in [0.25, 0.3) is 0 Å². The molecule has 1 aromatic rings. The molecule has 0 atom stereocenters. The third-order valence-electron chi connectivity index (χ3n) is 2.50. The summed E-state index contributed by atoms with van der Waals surface area (Å²) in [5.74, 6) is 0. The number of hydrogen-bond acceptors (Lipinski definition) is 5. The highest BCUT2D eigenvalue weighted by atomic mass is 79.9. The minimum absolute atomic E-state index is 0.533. The second-order valence-corrected chi connectivity index (χ2v) is 4.98. The predicted octanol–water partition coefficient (Wildman–Crippen LogP) is 2.23. The molecule has 1 rings (SSSR count). The van der Waals surface area contributed by atoms with Crippen molar-refractivity contribution in [1.82, 2.24) is 0 Å². The van der Waals surface area contributed by atoms with Crippen LogP contribution in [-0.2, 0) is 25.6 Å². The molecule has 0 fully saturated rings. The summed E-state index contributed by atoms with van der Waals surface area (Å²) in [6.07, 6.45) is 0. The summed E-state index contributed by atoms with van der Waals surface area (Å²) in [5, 5.41) is 0. The standard InChI is InChI=1S/C14H22BrNO4/c1-17-4-5-18-6-7-19-8-9-20-11-12-2-3-13(15)14(16)10-12/h2-3,10H,4-9,11,16H2,1H3. The molecule has 2 N–H and O–H groups in total. The maximum Gasteiger partial charge on any atom is 0.0718 e. The van der Waals surface area contributed by atoms with Crippen LogP contribution < -0.4 is 5.73 Å². The Morgan fingerprint density at radius 1 is 0.950 bits per heavy atom. The number of methoxy groups -OCH3 is 1. The Hall–Kier alpha value is -0.660. The maximum absolute atomic E-state index is 5.79. The van der Waals surface area contributed by atoms with Crippen molar-refractivity contribution >= 4 is 21.6 Å². The number of anilines is 1. The molecule has 0 unspecified atom stereocenters. The molecule has 0 spiro atoms. The quantitative estimate of drug-likeness (QED) is 0.491. The van der Waals surface area contributed by atoms with Gasteiger partial charge >= 0.3 is 0 Å². The SMILES string of the molecule is COCCOCCOCCOCc1ccc(Br)c(N)c1. The highest BCUT2D eigenvalue weighted by Crippen LogP contribution is 2.20. The van der Waals surface area contributed by atoms with Gasteiger partial charge in [-0.15, -0.1) is 0 Å². The molecule has 0 radical (unpaired) electrons. The van der Waals surface area contributed by atoms with Crippen LogP contribution in [0.15, 0.2) is 22.7 Å². The summed E-state index contributed by atoms with van der Waals surface area (Å²) in [4.78, 5) is 0. The van der Waals surface area contributed by atoms with E-state index in [1.165, 1.54) is 0 Å². The first kappa shape index (κ1) is 17.4. The zero-order valence-corrected chi connectivity index (χ0v) is 13.4. The lowest BCUT2D eigenvalue weighted by Crippen LogP contribution is -2.11. The number of rotatable bonds is 11. The minimum atomic E-state index is 0.533. The first-order chi connectivity index (χ1) is 9.74. The number of ether oxygens (including phenoxy) is 4. The lowest BCUT2D eigenvalue weighted by atomic mass is 10.2. The van der Waals surface area contributed by atoms with Crippen molar-refractivity contribution in [2.24, 2.45) is 0 Å². The van der Waals surface area contributed by atoms with Crippen LogP contribution in [0.4, 0.5) is 5.69 Å². The van der Waals surface area contributed by atoms with Gasteiger partial charge in [0, 0.05) is 17.3 Å². The second-order valence-electron chi connectivity index (χ2n) is 4.13.